The Morgan fingerprint density at radius 3 is 1.42 bits per heavy atom. The molecule has 6 heterocycles. The molecule has 19 nitrogen and oxygen atoms in total. The van der Waals surface area contributed by atoms with Gasteiger partial charge < -0.3 is 61.1 Å². The zero-order valence-corrected chi connectivity index (χ0v) is 47.6. The van der Waals surface area contributed by atoms with Gasteiger partial charge in [-0.3, -0.25) is 24.2 Å². The highest BCUT2D eigenvalue weighted by atomic mass is 16.5. The number of carbonyl (C=O) groups excluding carboxylic acids is 1. The van der Waals surface area contributed by atoms with E-state index >= 15 is 0 Å². The summed E-state index contributed by atoms with van der Waals surface area (Å²) in [6.07, 6.45) is 3.27. The van der Waals surface area contributed by atoms with Crippen molar-refractivity contribution in [2.24, 2.45) is 0 Å². The van der Waals surface area contributed by atoms with Crippen molar-refractivity contribution in [1.29, 1.82) is 0 Å². The number of hydrogen-bond acceptors (Lipinski definition) is 16. The zero-order chi connectivity index (χ0) is 57.7. The molecule has 9 aromatic rings. The van der Waals surface area contributed by atoms with Crippen molar-refractivity contribution in [3.05, 3.63) is 184 Å². The number of piperazine rings is 2. The van der Waals surface area contributed by atoms with Crippen LogP contribution in [0.5, 0.6) is 11.5 Å². The number of nitrogens with one attached hydrogen (secondary N) is 8. The van der Waals surface area contributed by atoms with Crippen LogP contribution in [0.25, 0.3) is 21.5 Å². The summed E-state index contributed by atoms with van der Waals surface area (Å²) in [6.45, 7) is 18.7. The van der Waals surface area contributed by atoms with E-state index in [0.29, 0.717) is 56.9 Å². The number of pyridine rings is 4. The molecule has 83 heavy (non-hydrogen) atoms. The second-order valence-electron chi connectivity index (χ2n) is 20.6. The van der Waals surface area contributed by atoms with Crippen LogP contribution in [-0.4, -0.2) is 125 Å². The standard InChI is InChI=1S/C34H37N7O2.C30H35N7O3/c1-3-40-17-19-41(20-18-40)23-24-9-11-27(12-10-24)37-33-32-25(15-16-35-34(32)42)21-31(39-33)38-29-14-13-28(22-30(29)43-2)36-26-7-5-4-6-8-26;1-4-36-13-15-37(16-14-36)19-21-5-7-23(8-6-21)33-29-28-22(11-12-31-30(28)39)17-27(35-29)34-25-18-24(32-20(2)38)9-10-26(25)40-3/h4-16,21-22,36H,3,17-20,23H2,1-2H3,(H,35,42)(H2,37,38,39);5-12,17-18H,4,13-16,19H2,1-3H3,(H,31,39)(H,32,38)(H2,33,34,35). The Balaban J connectivity index is 0.000000186. The third-order valence-electron chi connectivity index (χ3n) is 14.9. The van der Waals surface area contributed by atoms with Crippen LogP contribution in [0.3, 0.4) is 0 Å². The second-order valence-corrected chi connectivity index (χ2v) is 20.6. The third-order valence-corrected chi connectivity index (χ3v) is 14.9. The van der Waals surface area contributed by atoms with Crippen molar-refractivity contribution in [3.63, 3.8) is 0 Å². The van der Waals surface area contributed by atoms with Crippen LogP contribution >= 0.6 is 0 Å². The minimum atomic E-state index is -0.230. The Bertz CT molecular complexity index is 3770. The van der Waals surface area contributed by atoms with E-state index in [-0.39, 0.29) is 17.0 Å². The predicted molar refractivity (Wildman–Crippen MR) is 336 cm³/mol. The van der Waals surface area contributed by atoms with Gasteiger partial charge in [0.15, 0.2) is 0 Å². The Labute approximate surface area is 483 Å². The zero-order valence-electron chi connectivity index (χ0n) is 47.6. The van der Waals surface area contributed by atoms with E-state index < -0.39 is 0 Å². The predicted octanol–water partition coefficient (Wildman–Crippen LogP) is 10.8. The van der Waals surface area contributed by atoms with E-state index in [1.807, 2.05) is 97.1 Å². The molecule has 2 saturated heterocycles. The number of nitrogens with zero attached hydrogens (tertiary/aromatic N) is 6. The van der Waals surface area contributed by atoms with Gasteiger partial charge in [-0.1, -0.05) is 56.3 Å². The molecule has 2 fully saturated rings. The number of methoxy groups -OCH3 is 2. The number of amides is 1. The minimum Gasteiger partial charge on any atom is -0.495 e. The highest BCUT2D eigenvalue weighted by Crippen LogP contribution is 2.35. The number of anilines is 11. The summed E-state index contributed by atoms with van der Waals surface area (Å²) in [5.74, 6) is 3.09. The number of benzene rings is 5. The number of hydrogen-bond donors (Lipinski definition) is 8. The first-order valence-electron chi connectivity index (χ1n) is 28.2. The van der Waals surface area contributed by atoms with Crippen LogP contribution in [0.2, 0.25) is 0 Å². The van der Waals surface area contributed by atoms with Crippen LogP contribution in [0, 0.1) is 0 Å². The lowest BCUT2D eigenvalue weighted by Gasteiger charge is -2.34. The average Bonchev–Trinajstić information content (AvgIpc) is 3.65. The fourth-order valence-electron chi connectivity index (χ4n) is 10.4. The van der Waals surface area contributed by atoms with Crippen molar-refractivity contribution in [3.8, 4) is 11.5 Å². The van der Waals surface area contributed by atoms with Gasteiger partial charge in [-0.25, -0.2) is 9.97 Å². The molecule has 2 aliphatic rings. The summed E-state index contributed by atoms with van der Waals surface area (Å²) >= 11 is 0. The van der Waals surface area contributed by atoms with Crippen LogP contribution in [-0.2, 0) is 17.9 Å². The first-order valence-corrected chi connectivity index (χ1v) is 28.2. The molecule has 0 atom stereocenters. The van der Waals surface area contributed by atoms with E-state index in [2.05, 4.69) is 99.6 Å². The fraction of sp³-hybridized carbons (Fsp3) is 0.266. The first-order chi connectivity index (χ1) is 40.5. The van der Waals surface area contributed by atoms with Crippen molar-refractivity contribution >= 4 is 90.5 Å². The minimum absolute atomic E-state index is 0.171. The molecule has 0 aliphatic carbocycles. The monoisotopic (exact) mass is 1120 g/mol. The maximum absolute atomic E-state index is 12.9. The largest absolute Gasteiger partial charge is 0.495 e. The number of aromatic nitrogens is 4. The molecule has 0 bridgehead atoms. The Morgan fingerprint density at radius 1 is 0.482 bits per heavy atom. The molecular formula is C64H72N14O5. The SMILES string of the molecule is CCN1CCN(Cc2ccc(Nc3nc(Nc4cc(NC(C)=O)ccc4OC)cc4cc[nH]c(=O)c34)cc2)CC1.CCN1CCN(Cc2ccc(Nc3nc(Nc4ccc(Nc5ccccc5)cc4OC)cc4cc[nH]c(=O)c34)cc2)CC1. The van der Waals surface area contributed by atoms with Gasteiger partial charge in [-0.2, -0.15) is 0 Å². The van der Waals surface area contributed by atoms with Crippen molar-refractivity contribution in [2.75, 3.05) is 112 Å². The summed E-state index contributed by atoms with van der Waals surface area (Å²) < 4.78 is 11.2. The molecule has 0 radical (unpaired) electrons. The molecule has 0 unspecified atom stereocenters. The highest BCUT2D eigenvalue weighted by molar-refractivity contribution is 5.96. The van der Waals surface area contributed by atoms with Gasteiger partial charge in [0.25, 0.3) is 11.1 Å². The number of rotatable bonds is 19. The summed E-state index contributed by atoms with van der Waals surface area (Å²) in [6, 6.07) is 45.2. The van der Waals surface area contributed by atoms with Crippen molar-refractivity contribution in [1.82, 2.24) is 39.5 Å². The molecule has 8 N–H and O–H groups in total. The number of carbonyl (C=O) groups is 1. The number of para-hydroxylation sites is 1. The number of fused-ring (bicyclic) bond motifs is 2. The Morgan fingerprint density at radius 2 is 0.940 bits per heavy atom. The number of ether oxygens (including phenoxy) is 2. The number of H-pyrrole nitrogens is 2. The first kappa shape index (κ1) is 57.0. The van der Waals surface area contributed by atoms with Crippen LogP contribution in [0.15, 0.2) is 162 Å². The van der Waals surface area contributed by atoms with Gasteiger partial charge in [0.2, 0.25) is 5.91 Å². The van der Waals surface area contributed by atoms with E-state index in [0.717, 1.165) is 118 Å². The molecule has 0 saturated carbocycles. The number of aromatic amines is 2. The molecule has 4 aromatic heterocycles. The van der Waals surface area contributed by atoms with Crippen LogP contribution < -0.4 is 52.5 Å². The average molecular weight is 1120 g/mol. The van der Waals surface area contributed by atoms with Gasteiger partial charge in [0.1, 0.15) is 34.8 Å². The van der Waals surface area contributed by atoms with E-state index in [1.165, 1.54) is 18.1 Å². The van der Waals surface area contributed by atoms with E-state index in [4.69, 9.17) is 19.4 Å². The highest BCUT2D eigenvalue weighted by Gasteiger charge is 2.19. The molecule has 2 aliphatic heterocycles. The number of likely N-dealkylation sites (N-methyl/N-ethyl adjacent to an activating group) is 2. The van der Waals surface area contributed by atoms with Gasteiger partial charge in [0.05, 0.1) is 36.4 Å². The topological polar surface area (TPSA) is 212 Å². The Hall–Kier alpha value is -9.27. The molecule has 5 aromatic carbocycles. The third kappa shape index (κ3) is 14.8. The molecule has 11 rings (SSSR count). The molecule has 0 spiro atoms. The Kier molecular flexibility index (Phi) is 18.5. The van der Waals surface area contributed by atoms with Crippen molar-refractivity contribution < 1.29 is 14.3 Å². The van der Waals surface area contributed by atoms with E-state index in [9.17, 15) is 14.4 Å². The van der Waals surface area contributed by atoms with Crippen molar-refractivity contribution in [2.45, 2.75) is 33.9 Å². The molecule has 1 amide bonds. The smallest absolute Gasteiger partial charge is 0.259 e. The summed E-state index contributed by atoms with van der Waals surface area (Å²) in [4.78, 5) is 62.3. The van der Waals surface area contributed by atoms with Gasteiger partial charge in [-0.15, -0.1) is 0 Å². The lowest BCUT2D eigenvalue weighted by atomic mass is 10.1. The normalized spacial score (nSPS) is 14.1. The second kappa shape index (κ2) is 27.0. The maximum Gasteiger partial charge on any atom is 0.259 e. The summed E-state index contributed by atoms with van der Waals surface area (Å²) in [5.41, 5.74) is 7.68. The lowest BCUT2D eigenvalue weighted by molar-refractivity contribution is -0.114. The maximum atomic E-state index is 12.9. The molecular weight excluding hydrogens is 1040 g/mol. The van der Waals surface area contributed by atoms with E-state index in [1.54, 1.807) is 44.8 Å². The lowest BCUT2D eigenvalue weighted by Crippen LogP contribution is -2.45. The van der Waals surface area contributed by atoms with Gasteiger partial charge in [-0.05, 0) is 126 Å². The fourth-order valence-corrected chi connectivity index (χ4v) is 10.4. The quantitative estimate of drug-likeness (QED) is 0.0378. The van der Waals surface area contributed by atoms with Gasteiger partial charge in [0, 0.05) is 119 Å². The molecule has 428 valence electrons. The summed E-state index contributed by atoms with van der Waals surface area (Å²) in [5, 5.41) is 22.0. The van der Waals surface area contributed by atoms with Crippen LogP contribution in [0.1, 0.15) is 31.9 Å². The van der Waals surface area contributed by atoms with Gasteiger partial charge >= 0.3 is 0 Å². The summed E-state index contributed by atoms with van der Waals surface area (Å²) in [7, 11) is 3.22. The van der Waals surface area contributed by atoms with Crippen LogP contribution in [0.4, 0.5) is 63.1 Å². The molecule has 19 heteroatoms.